The highest BCUT2D eigenvalue weighted by molar-refractivity contribution is 5.93. The van der Waals surface area contributed by atoms with Crippen molar-refractivity contribution < 1.29 is 0 Å². The van der Waals surface area contributed by atoms with Crippen LogP contribution in [0.15, 0.2) is 48.6 Å². The van der Waals surface area contributed by atoms with Crippen LogP contribution in [0.1, 0.15) is 23.0 Å². The lowest BCUT2D eigenvalue weighted by molar-refractivity contribution is 0.709. The van der Waals surface area contributed by atoms with Gasteiger partial charge in [0, 0.05) is 11.8 Å². The quantitative estimate of drug-likeness (QED) is 0.541. The molecule has 0 heteroatoms. The molecule has 4 rings (SSSR count). The molecule has 66 valence electrons. The monoisotopic (exact) mass is 178 g/mol. The van der Waals surface area contributed by atoms with Gasteiger partial charge in [-0.3, -0.25) is 0 Å². The van der Waals surface area contributed by atoms with Gasteiger partial charge in [-0.15, -0.1) is 0 Å². The van der Waals surface area contributed by atoms with E-state index in [0.717, 1.165) is 0 Å². The van der Waals surface area contributed by atoms with Crippen molar-refractivity contribution in [2.75, 3.05) is 0 Å². The molecular weight excluding hydrogens is 168 g/mol. The van der Waals surface area contributed by atoms with Crippen molar-refractivity contribution in [1.82, 2.24) is 0 Å². The summed E-state index contributed by atoms with van der Waals surface area (Å²) >= 11 is 0. The van der Waals surface area contributed by atoms with Crippen molar-refractivity contribution in [3.8, 4) is 0 Å². The molecule has 0 amide bonds. The summed E-state index contributed by atoms with van der Waals surface area (Å²) in [4.78, 5) is 0. The fourth-order valence-electron chi connectivity index (χ4n) is 2.88. The van der Waals surface area contributed by atoms with E-state index >= 15 is 0 Å². The van der Waals surface area contributed by atoms with E-state index < -0.39 is 0 Å². The number of rotatable bonds is 0. The van der Waals surface area contributed by atoms with Crippen LogP contribution in [0.25, 0.3) is 10.8 Å². The molecule has 0 spiro atoms. The zero-order valence-corrected chi connectivity index (χ0v) is 7.77. The first-order valence-electron chi connectivity index (χ1n) is 5.15. The molecule has 0 heterocycles. The van der Waals surface area contributed by atoms with Gasteiger partial charge >= 0.3 is 0 Å². The summed E-state index contributed by atoms with van der Waals surface area (Å²) in [7, 11) is 0. The Kier molecular flexibility index (Phi) is 1.02. The van der Waals surface area contributed by atoms with Gasteiger partial charge in [0.2, 0.25) is 0 Å². The van der Waals surface area contributed by atoms with Crippen LogP contribution in [0.4, 0.5) is 0 Å². The highest BCUT2D eigenvalue weighted by Gasteiger charge is 2.35. The summed E-state index contributed by atoms with van der Waals surface area (Å²) in [6.45, 7) is 0. The molecule has 2 atom stereocenters. The normalized spacial score (nSPS) is 26.3. The molecule has 0 radical (unpaired) electrons. The van der Waals surface area contributed by atoms with E-state index in [4.69, 9.17) is 0 Å². The molecule has 0 saturated heterocycles. The zero-order valence-electron chi connectivity index (χ0n) is 7.77. The van der Waals surface area contributed by atoms with Gasteiger partial charge in [0.1, 0.15) is 0 Å². The maximum absolute atomic E-state index is 2.33. The predicted molar refractivity (Wildman–Crippen MR) is 58.6 cm³/mol. The van der Waals surface area contributed by atoms with E-state index in [2.05, 4.69) is 48.6 Å². The van der Waals surface area contributed by atoms with Crippen molar-refractivity contribution >= 4 is 10.8 Å². The van der Waals surface area contributed by atoms with Gasteiger partial charge in [-0.05, 0) is 21.9 Å². The summed E-state index contributed by atoms with van der Waals surface area (Å²) in [6, 6.07) is 13.3. The first-order chi connectivity index (χ1) is 6.95. The lowest BCUT2D eigenvalue weighted by Crippen LogP contribution is -2.07. The molecule has 2 aromatic rings. The smallest absolute Gasteiger partial charge is 0.0128 e. The highest BCUT2D eigenvalue weighted by Crippen LogP contribution is 2.52. The highest BCUT2D eigenvalue weighted by atomic mass is 14.4. The lowest BCUT2D eigenvalue weighted by Gasteiger charge is -2.23. The molecule has 0 bridgehead atoms. The maximum Gasteiger partial charge on any atom is 0.0128 e. The Morgan fingerprint density at radius 2 is 1.29 bits per heavy atom. The van der Waals surface area contributed by atoms with E-state index in [-0.39, 0.29) is 0 Å². The summed E-state index contributed by atoms with van der Waals surface area (Å²) in [6.07, 6.45) is 4.67. The van der Waals surface area contributed by atoms with Crippen molar-refractivity contribution in [1.29, 1.82) is 0 Å². The summed E-state index contributed by atoms with van der Waals surface area (Å²) < 4.78 is 0. The van der Waals surface area contributed by atoms with Crippen LogP contribution in [0.5, 0.6) is 0 Å². The third-order valence-electron chi connectivity index (χ3n) is 3.60. The number of fused-ring (bicyclic) bond motifs is 3. The fraction of sp³-hybridized carbons (Fsp3) is 0.143. The molecule has 0 aromatic heterocycles. The lowest BCUT2D eigenvalue weighted by atomic mass is 9.80. The molecule has 0 fully saturated rings. The predicted octanol–water partition coefficient (Wildman–Crippen LogP) is 3.59. The Bertz CT molecular complexity index is 517. The maximum atomic E-state index is 2.33. The number of benzene rings is 2. The summed E-state index contributed by atoms with van der Waals surface area (Å²) in [5.74, 6) is 1.35. The van der Waals surface area contributed by atoms with Crippen LogP contribution in [0.3, 0.4) is 0 Å². The third-order valence-corrected chi connectivity index (χ3v) is 3.60. The van der Waals surface area contributed by atoms with E-state index in [1.807, 2.05) is 0 Å². The van der Waals surface area contributed by atoms with Crippen molar-refractivity contribution in [3.63, 3.8) is 0 Å². The van der Waals surface area contributed by atoms with E-state index in [0.29, 0.717) is 11.8 Å². The molecule has 0 unspecified atom stereocenters. The van der Waals surface area contributed by atoms with Gasteiger partial charge in [-0.1, -0.05) is 48.6 Å². The molecule has 2 aliphatic rings. The number of hydrogen-bond donors (Lipinski definition) is 0. The van der Waals surface area contributed by atoms with Crippen LogP contribution in [-0.2, 0) is 0 Å². The van der Waals surface area contributed by atoms with Gasteiger partial charge in [-0.25, -0.2) is 0 Å². The topological polar surface area (TPSA) is 0 Å². The molecule has 14 heavy (non-hydrogen) atoms. The van der Waals surface area contributed by atoms with E-state index in [9.17, 15) is 0 Å². The second-order valence-electron chi connectivity index (χ2n) is 4.23. The Morgan fingerprint density at radius 3 is 1.79 bits per heavy atom. The second kappa shape index (κ2) is 2.09. The number of allylic oxidation sites excluding steroid dienone is 2. The summed E-state index contributed by atoms with van der Waals surface area (Å²) in [5.41, 5.74) is 3.07. The van der Waals surface area contributed by atoms with Crippen molar-refractivity contribution in [3.05, 3.63) is 59.7 Å². The Hall–Kier alpha value is -1.56. The largest absolute Gasteiger partial charge is 0.0794 e. The van der Waals surface area contributed by atoms with Crippen LogP contribution in [0.2, 0.25) is 0 Å². The minimum absolute atomic E-state index is 0.677. The molecule has 2 aliphatic carbocycles. The Morgan fingerprint density at radius 1 is 0.714 bits per heavy atom. The van der Waals surface area contributed by atoms with Crippen LogP contribution in [0, 0.1) is 0 Å². The van der Waals surface area contributed by atoms with Gasteiger partial charge in [-0.2, -0.15) is 0 Å². The first kappa shape index (κ1) is 6.83. The van der Waals surface area contributed by atoms with Gasteiger partial charge in [0.25, 0.3) is 0 Å². The molecular formula is C14H10. The average molecular weight is 178 g/mol. The fourth-order valence-corrected chi connectivity index (χ4v) is 2.88. The van der Waals surface area contributed by atoms with E-state index in [1.165, 1.54) is 21.9 Å². The van der Waals surface area contributed by atoms with Crippen molar-refractivity contribution in [2.24, 2.45) is 0 Å². The molecule has 0 aliphatic heterocycles. The van der Waals surface area contributed by atoms with Gasteiger partial charge in [0.15, 0.2) is 0 Å². The van der Waals surface area contributed by atoms with Crippen LogP contribution in [-0.4, -0.2) is 0 Å². The van der Waals surface area contributed by atoms with Crippen molar-refractivity contribution in [2.45, 2.75) is 11.8 Å². The Balaban J connectivity index is 2.26. The summed E-state index contributed by atoms with van der Waals surface area (Å²) in [5, 5.41) is 2.91. The van der Waals surface area contributed by atoms with Crippen LogP contribution >= 0.6 is 0 Å². The third kappa shape index (κ3) is 0.598. The molecule has 2 aromatic carbocycles. The second-order valence-corrected chi connectivity index (χ2v) is 4.23. The standard InChI is InChI=1S/C14H10/c1-3-9-4-2-6-13-11-8-7-10(11)12(5-1)14(9)13/h1-8,10-11H/t10-,11-/m1/s1. The minimum Gasteiger partial charge on any atom is -0.0794 e. The zero-order chi connectivity index (χ0) is 9.12. The minimum atomic E-state index is 0.677. The SMILES string of the molecule is C1=C[C@H]2c3cccc4cccc(c34)[C@H]12. The first-order valence-corrected chi connectivity index (χ1v) is 5.15. The molecule has 0 N–H and O–H groups in total. The van der Waals surface area contributed by atoms with Gasteiger partial charge < -0.3 is 0 Å². The van der Waals surface area contributed by atoms with Gasteiger partial charge in [0.05, 0.1) is 0 Å². The number of hydrogen-bond acceptors (Lipinski definition) is 0. The molecule has 0 nitrogen and oxygen atoms in total. The molecule has 0 saturated carbocycles. The Labute approximate surface area is 82.9 Å². The van der Waals surface area contributed by atoms with E-state index in [1.54, 1.807) is 0 Å². The average Bonchev–Trinajstić information content (AvgIpc) is 2.36. The van der Waals surface area contributed by atoms with Crippen LogP contribution < -0.4 is 0 Å².